The van der Waals surface area contributed by atoms with Crippen molar-refractivity contribution in [2.45, 2.75) is 56.5 Å². The number of tetrazole rings is 1. The highest BCUT2D eigenvalue weighted by atomic mass is 35.5. The molecule has 1 aliphatic heterocycles. The van der Waals surface area contributed by atoms with Crippen molar-refractivity contribution in [3.8, 4) is 5.75 Å². The number of rotatable bonds is 6. The standard InChI is InChI=1S/C22H25ClFN5O4S/c1-11-5-7-15(24)17(12(11)2)13(3)19(21-25-28-29-26-21)27-34(31,32)16-8-6-14(23)18-20(16)33-10-9-22(18,4)30/h5-8,13,19,27,30H,9-10H2,1-4H3,(H,25,26,28,29)/t13-,19+,22-/m1/s1/i4D3. The molecule has 182 valence electrons. The van der Waals surface area contributed by atoms with Crippen LogP contribution in [0.3, 0.4) is 0 Å². The summed E-state index contributed by atoms with van der Waals surface area (Å²) in [5.74, 6) is -1.74. The van der Waals surface area contributed by atoms with Crippen molar-refractivity contribution in [1.82, 2.24) is 25.3 Å². The van der Waals surface area contributed by atoms with Crippen molar-refractivity contribution in [3.63, 3.8) is 0 Å². The Kier molecular flexibility index (Phi) is 5.42. The second kappa shape index (κ2) is 8.88. The molecule has 0 spiro atoms. The maximum absolute atomic E-state index is 14.9. The third-order valence-corrected chi connectivity index (χ3v) is 7.87. The van der Waals surface area contributed by atoms with E-state index in [1.165, 1.54) is 12.1 Å². The smallest absolute Gasteiger partial charge is 0.244 e. The summed E-state index contributed by atoms with van der Waals surface area (Å²) in [5.41, 5.74) is -1.06. The van der Waals surface area contributed by atoms with Crippen molar-refractivity contribution in [3.05, 3.63) is 63.2 Å². The Morgan fingerprint density at radius 1 is 1.35 bits per heavy atom. The number of fused-ring (bicyclic) bond motifs is 1. The van der Waals surface area contributed by atoms with Crippen LogP contribution in [-0.2, 0) is 15.6 Å². The van der Waals surface area contributed by atoms with Gasteiger partial charge >= 0.3 is 0 Å². The Hall–Kier alpha value is -2.60. The third-order valence-electron chi connectivity index (χ3n) is 6.09. The summed E-state index contributed by atoms with van der Waals surface area (Å²) in [7, 11) is -4.50. The van der Waals surface area contributed by atoms with Gasteiger partial charge in [-0.25, -0.2) is 12.8 Å². The van der Waals surface area contributed by atoms with Crippen LogP contribution in [-0.4, -0.2) is 40.8 Å². The number of nitrogens with zero attached hydrogens (tertiary/aromatic N) is 3. The van der Waals surface area contributed by atoms with Crippen LogP contribution >= 0.6 is 11.6 Å². The molecule has 12 heteroatoms. The molecular weight excluding hydrogens is 485 g/mol. The van der Waals surface area contributed by atoms with Crippen molar-refractivity contribution < 1.29 is 26.8 Å². The second-order valence-corrected chi connectivity index (χ2v) is 10.4. The molecule has 9 nitrogen and oxygen atoms in total. The first-order valence-corrected chi connectivity index (χ1v) is 12.2. The van der Waals surface area contributed by atoms with Crippen LogP contribution < -0.4 is 9.46 Å². The van der Waals surface area contributed by atoms with Crippen LogP contribution in [0.4, 0.5) is 4.39 Å². The van der Waals surface area contributed by atoms with Crippen LogP contribution in [0.5, 0.6) is 5.75 Å². The number of sulfonamides is 1. The lowest BCUT2D eigenvalue weighted by molar-refractivity contribution is 0.0135. The SMILES string of the molecule is [2H]C([2H])([2H])[C@@]1(O)CCOc2c(S(=O)(=O)N[C@H](c3nn[nH]n3)[C@H](C)c3c(F)ccc(C)c3C)ccc(Cl)c21. The van der Waals surface area contributed by atoms with Gasteiger partial charge in [0, 0.05) is 22.0 Å². The highest BCUT2D eigenvalue weighted by Gasteiger charge is 2.39. The molecule has 0 bridgehead atoms. The number of ether oxygens (including phenoxy) is 1. The summed E-state index contributed by atoms with van der Waals surface area (Å²) in [6.45, 7) is 1.98. The van der Waals surface area contributed by atoms with Crippen LogP contribution in [0.15, 0.2) is 29.2 Å². The average Bonchev–Trinajstić information content (AvgIpc) is 3.34. The number of halogens is 2. The third kappa shape index (κ3) is 4.28. The lowest BCUT2D eigenvalue weighted by Crippen LogP contribution is -2.35. The van der Waals surface area contributed by atoms with Crippen molar-refractivity contribution >= 4 is 21.6 Å². The molecule has 0 radical (unpaired) electrons. The first-order chi connectivity index (χ1) is 17.2. The van der Waals surface area contributed by atoms with E-state index in [0.29, 0.717) is 5.56 Å². The summed E-state index contributed by atoms with van der Waals surface area (Å²) >= 11 is 6.24. The zero-order valence-electron chi connectivity index (χ0n) is 21.6. The second-order valence-electron chi connectivity index (χ2n) is 8.27. The van der Waals surface area contributed by atoms with E-state index < -0.39 is 45.1 Å². The van der Waals surface area contributed by atoms with E-state index in [9.17, 15) is 17.9 Å². The number of aromatic nitrogens is 4. The van der Waals surface area contributed by atoms with Gasteiger partial charge in [0.25, 0.3) is 0 Å². The molecule has 4 rings (SSSR count). The van der Waals surface area contributed by atoms with Gasteiger partial charge in [-0.05, 0) is 55.6 Å². The first-order valence-electron chi connectivity index (χ1n) is 11.9. The Bertz CT molecular complexity index is 1440. The predicted molar refractivity (Wildman–Crippen MR) is 123 cm³/mol. The number of aryl methyl sites for hydroxylation is 1. The topological polar surface area (TPSA) is 130 Å². The van der Waals surface area contributed by atoms with E-state index in [0.717, 1.165) is 11.6 Å². The van der Waals surface area contributed by atoms with Crippen LogP contribution in [0, 0.1) is 19.7 Å². The monoisotopic (exact) mass is 512 g/mol. The maximum atomic E-state index is 14.9. The Balaban J connectivity index is 1.84. The van der Waals surface area contributed by atoms with Gasteiger partial charge in [-0.15, -0.1) is 10.2 Å². The van der Waals surface area contributed by atoms with Gasteiger partial charge in [0.15, 0.2) is 5.82 Å². The molecule has 34 heavy (non-hydrogen) atoms. The fourth-order valence-electron chi connectivity index (χ4n) is 4.15. The minimum atomic E-state index is -4.50. The highest BCUT2D eigenvalue weighted by molar-refractivity contribution is 7.89. The summed E-state index contributed by atoms with van der Waals surface area (Å²) < 4.78 is 73.9. The van der Waals surface area contributed by atoms with Crippen LogP contribution in [0.1, 0.15) is 64.3 Å². The van der Waals surface area contributed by atoms with E-state index in [4.69, 9.17) is 20.5 Å². The minimum Gasteiger partial charge on any atom is -0.492 e. The molecule has 0 unspecified atom stereocenters. The number of hydrogen-bond donors (Lipinski definition) is 3. The minimum absolute atomic E-state index is 0.0425. The number of aromatic amines is 1. The molecule has 3 atom stereocenters. The average molecular weight is 513 g/mol. The predicted octanol–water partition coefficient (Wildman–Crippen LogP) is 3.42. The molecular formula is C22H25ClFN5O4S. The van der Waals surface area contributed by atoms with Crippen LogP contribution in [0.2, 0.25) is 5.02 Å². The number of hydrogen-bond acceptors (Lipinski definition) is 7. The zero-order chi connectivity index (χ0) is 27.3. The maximum Gasteiger partial charge on any atom is 0.244 e. The van der Waals surface area contributed by atoms with Crippen molar-refractivity contribution in [2.75, 3.05) is 6.61 Å². The molecule has 1 aliphatic rings. The molecule has 0 saturated heterocycles. The Morgan fingerprint density at radius 2 is 2.12 bits per heavy atom. The van der Waals surface area contributed by atoms with Gasteiger partial charge in [0.1, 0.15) is 16.5 Å². The summed E-state index contributed by atoms with van der Waals surface area (Å²) in [6, 6.07) is 4.06. The lowest BCUT2D eigenvalue weighted by Gasteiger charge is -2.33. The van der Waals surface area contributed by atoms with Gasteiger partial charge < -0.3 is 9.84 Å². The van der Waals surface area contributed by atoms with Gasteiger partial charge in [0.2, 0.25) is 10.0 Å². The molecule has 0 aliphatic carbocycles. The zero-order valence-corrected chi connectivity index (χ0v) is 20.1. The molecule has 0 fully saturated rings. The molecule has 2 aromatic carbocycles. The number of H-pyrrole nitrogens is 1. The number of aliphatic hydroxyl groups is 1. The van der Waals surface area contributed by atoms with E-state index in [-0.39, 0.29) is 40.8 Å². The molecule has 1 aromatic heterocycles. The van der Waals surface area contributed by atoms with Crippen molar-refractivity contribution in [2.24, 2.45) is 0 Å². The molecule has 0 amide bonds. The summed E-state index contributed by atoms with van der Waals surface area (Å²) in [4.78, 5) is -0.448. The van der Waals surface area contributed by atoms with Gasteiger partial charge in [-0.2, -0.15) is 9.94 Å². The number of benzene rings is 2. The fourth-order valence-corrected chi connectivity index (χ4v) is 5.87. The van der Waals surface area contributed by atoms with E-state index in [1.807, 2.05) is 6.92 Å². The molecule has 3 N–H and O–H groups in total. The molecule has 3 aromatic rings. The molecule has 2 heterocycles. The fraction of sp³-hybridized carbons (Fsp3) is 0.409. The highest BCUT2D eigenvalue weighted by Crippen LogP contribution is 2.45. The Labute approximate surface area is 205 Å². The summed E-state index contributed by atoms with van der Waals surface area (Å²) in [6.07, 6.45) is -0.318. The Morgan fingerprint density at radius 3 is 2.79 bits per heavy atom. The lowest BCUT2D eigenvalue weighted by atomic mass is 9.88. The largest absolute Gasteiger partial charge is 0.492 e. The number of nitrogens with one attached hydrogen (secondary N) is 2. The molecule has 0 saturated carbocycles. The summed E-state index contributed by atoms with van der Waals surface area (Å²) in [5, 5.41) is 24.5. The van der Waals surface area contributed by atoms with Gasteiger partial charge in [-0.3, -0.25) is 0 Å². The normalized spacial score (nSPS) is 21.5. The van der Waals surface area contributed by atoms with Crippen LogP contribution in [0.25, 0.3) is 0 Å². The first kappa shape index (κ1) is 20.7. The van der Waals surface area contributed by atoms with E-state index in [1.54, 1.807) is 19.9 Å². The van der Waals surface area contributed by atoms with E-state index >= 15 is 0 Å². The quantitative estimate of drug-likeness (QED) is 0.461. The van der Waals surface area contributed by atoms with Crippen molar-refractivity contribution in [1.29, 1.82) is 0 Å². The van der Waals surface area contributed by atoms with Gasteiger partial charge in [0.05, 0.1) is 23.3 Å². The van der Waals surface area contributed by atoms with E-state index in [2.05, 4.69) is 25.3 Å². The van der Waals surface area contributed by atoms with Gasteiger partial charge in [-0.1, -0.05) is 29.8 Å².